The number of rotatable bonds is 4. The Morgan fingerprint density at radius 1 is 1.45 bits per heavy atom. The largest absolute Gasteiger partial charge is 0.394 e. The van der Waals surface area contributed by atoms with Crippen LogP contribution >= 0.6 is 0 Å². The first kappa shape index (κ1) is 14.5. The quantitative estimate of drug-likeness (QED) is 0.880. The number of pyridine rings is 1. The van der Waals surface area contributed by atoms with Crippen molar-refractivity contribution in [1.82, 2.24) is 24.8 Å². The molecule has 1 aliphatic rings. The maximum Gasteiger partial charge on any atom is 0.317 e. The lowest BCUT2D eigenvalue weighted by molar-refractivity contribution is 0.157. The number of carbonyl (C=O) groups is 1. The molecule has 0 aliphatic carbocycles. The van der Waals surface area contributed by atoms with Crippen LogP contribution < -0.4 is 5.32 Å². The second-order valence-electron chi connectivity index (χ2n) is 5.33. The van der Waals surface area contributed by atoms with Crippen molar-refractivity contribution in [3.63, 3.8) is 0 Å². The molecule has 1 saturated heterocycles. The van der Waals surface area contributed by atoms with Crippen LogP contribution in [0.1, 0.15) is 18.4 Å². The van der Waals surface area contributed by atoms with Crippen LogP contribution in [0.25, 0.3) is 5.82 Å². The van der Waals surface area contributed by atoms with E-state index in [-0.39, 0.29) is 18.7 Å². The summed E-state index contributed by atoms with van der Waals surface area (Å²) in [6, 6.07) is 3.63. The minimum Gasteiger partial charge on any atom is -0.394 e. The van der Waals surface area contributed by atoms with Crippen molar-refractivity contribution in [2.45, 2.75) is 25.4 Å². The highest BCUT2D eigenvalue weighted by Crippen LogP contribution is 2.16. The standard InChI is InChI=1S/C15H19N5O2/c21-10-13-2-1-6-20(13)15(22)18-9-12-3-4-14(17-8-12)19-7-5-16-11-19/h3-5,7-8,11,13,21H,1-2,6,9-10H2,(H,18,22)/t13-/m0/s1. The molecule has 116 valence electrons. The fourth-order valence-electron chi connectivity index (χ4n) is 2.64. The van der Waals surface area contributed by atoms with Gasteiger partial charge in [0.05, 0.1) is 12.6 Å². The zero-order valence-corrected chi connectivity index (χ0v) is 12.2. The van der Waals surface area contributed by atoms with Gasteiger partial charge in [-0.1, -0.05) is 6.07 Å². The molecule has 1 aliphatic heterocycles. The predicted molar refractivity (Wildman–Crippen MR) is 80.4 cm³/mol. The monoisotopic (exact) mass is 301 g/mol. The van der Waals surface area contributed by atoms with E-state index in [1.807, 2.05) is 22.9 Å². The summed E-state index contributed by atoms with van der Waals surface area (Å²) in [6.07, 6.45) is 8.76. The summed E-state index contributed by atoms with van der Waals surface area (Å²) in [6.45, 7) is 1.15. The molecule has 2 N–H and O–H groups in total. The van der Waals surface area contributed by atoms with E-state index in [0.29, 0.717) is 13.1 Å². The molecule has 2 amide bonds. The van der Waals surface area contributed by atoms with Crippen LogP contribution in [0, 0.1) is 0 Å². The zero-order valence-electron chi connectivity index (χ0n) is 12.2. The summed E-state index contributed by atoms with van der Waals surface area (Å²) in [5.41, 5.74) is 0.928. The molecule has 7 nitrogen and oxygen atoms in total. The number of amides is 2. The second-order valence-corrected chi connectivity index (χ2v) is 5.33. The fourth-order valence-corrected chi connectivity index (χ4v) is 2.64. The van der Waals surface area contributed by atoms with Gasteiger partial charge >= 0.3 is 6.03 Å². The zero-order chi connectivity index (χ0) is 15.4. The number of hydrogen-bond donors (Lipinski definition) is 2. The Balaban J connectivity index is 1.56. The molecule has 0 spiro atoms. The van der Waals surface area contributed by atoms with Gasteiger partial charge in [-0.2, -0.15) is 0 Å². The minimum absolute atomic E-state index is 0.0224. The van der Waals surface area contributed by atoms with Crippen LogP contribution in [0.4, 0.5) is 4.79 Å². The third-order valence-electron chi connectivity index (χ3n) is 3.87. The smallest absolute Gasteiger partial charge is 0.317 e. The van der Waals surface area contributed by atoms with E-state index in [4.69, 9.17) is 0 Å². The van der Waals surface area contributed by atoms with Crippen LogP contribution in [-0.2, 0) is 6.54 Å². The highest BCUT2D eigenvalue weighted by molar-refractivity contribution is 5.74. The van der Waals surface area contributed by atoms with Crippen LogP contribution in [-0.4, -0.2) is 49.8 Å². The first-order valence-electron chi connectivity index (χ1n) is 7.36. The third-order valence-corrected chi connectivity index (χ3v) is 3.87. The van der Waals surface area contributed by atoms with Crippen molar-refractivity contribution >= 4 is 6.03 Å². The third kappa shape index (κ3) is 3.09. The Hall–Kier alpha value is -2.41. The van der Waals surface area contributed by atoms with Gasteiger partial charge in [0.2, 0.25) is 0 Å². The topological polar surface area (TPSA) is 83.3 Å². The Kier molecular flexibility index (Phi) is 4.34. The van der Waals surface area contributed by atoms with Gasteiger partial charge in [-0.25, -0.2) is 14.8 Å². The predicted octanol–water partition coefficient (Wildman–Crippen LogP) is 0.934. The number of hydrogen-bond acceptors (Lipinski definition) is 4. The summed E-state index contributed by atoms with van der Waals surface area (Å²) < 4.78 is 1.82. The highest BCUT2D eigenvalue weighted by Gasteiger charge is 2.27. The highest BCUT2D eigenvalue weighted by atomic mass is 16.3. The Bertz CT molecular complexity index is 611. The molecule has 0 bridgehead atoms. The number of urea groups is 1. The van der Waals surface area contributed by atoms with Gasteiger partial charge < -0.3 is 15.3 Å². The van der Waals surface area contributed by atoms with E-state index in [1.165, 1.54) is 0 Å². The number of carbonyl (C=O) groups excluding carboxylic acids is 1. The molecule has 3 heterocycles. The molecule has 0 saturated carbocycles. The molecule has 22 heavy (non-hydrogen) atoms. The average Bonchev–Trinajstić information content (AvgIpc) is 3.24. The molecule has 0 radical (unpaired) electrons. The lowest BCUT2D eigenvalue weighted by Gasteiger charge is -2.23. The van der Waals surface area contributed by atoms with Gasteiger partial charge in [0.25, 0.3) is 0 Å². The van der Waals surface area contributed by atoms with Crippen molar-refractivity contribution in [2.75, 3.05) is 13.2 Å². The van der Waals surface area contributed by atoms with Gasteiger partial charge in [0.1, 0.15) is 12.1 Å². The second kappa shape index (κ2) is 6.57. The molecule has 0 unspecified atom stereocenters. The molecule has 0 aromatic carbocycles. The lowest BCUT2D eigenvalue weighted by Crippen LogP contribution is -2.43. The minimum atomic E-state index is -0.129. The van der Waals surface area contributed by atoms with Crippen LogP contribution in [0.5, 0.6) is 0 Å². The molecule has 2 aromatic rings. The summed E-state index contributed by atoms with van der Waals surface area (Å²) >= 11 is 0. The lowest BCUT2D eigenvalue weighted by atomic mass is 10.2. The van der Waals surface area contributed by atoms with Gasteiger partial charge in [0, 0.05) is 31.7 Å². The first-order valence-corrected chi connectivity index (χ1v) is 7.36. The van der Waals surface area contributed by atoms with Crippen LogP contribution in [0.3, 0.4) is 0 Å². The van der Waals surface area contributed by atoms with Crippen LogP contribution in [0.2, 0.25) is 0 Å². The van der Waals surface area contributed by atoms with E-state index >= 15 is 0 Å². The normalized spacial score (nSPS) is 17.7. The number of aliphatic hydroxyl groups excluding tert-OH is 1. The van der Waals surface area contributed by atoms with E-state index in [1.54, 1.807) is 23.6 Å². The van der Waals surface area contributed by atoms with Gasteiger partial charge in [-0.3, -0.25) is 4.57 Å². The number of aromatic nitrogens is 3. The van der Waals surface area contributed by atoms with Gasteiger partial charge in [-0.15, -0.1) is 0 Å². The number of imidazole rings is 1. The average molecular weight is 301 g/mol. The van der Waals surface area contributed by atoms with Crippen molar-refractivity contribution in [3.05, 3.63) is 42.6 Å². The fraction of sp³-hybridized carbons (Fsp3) is 0.400. The molecule has 3 rings (SSSR count). The molecular formula is C15H19N5O2. The van der Waals surface area contributed by atoms with E-state index < -0.39 is 0 Å². The van der Waals surface area contributed by atoms with Crippen molar-refractivity contribution in [2.24, 2.45) is 0 Å². The molecule has 1 atom stereocenters. The summed E-state index contributed by atoms with van der Waals surface area (Å²) in [5, 5.41) is 12.1. The molecule has 7 heteroatoms. The van der Waals surface area contributed by atoms with Gasteiger partial charge in [-0.05, 0) is 24.5 Å². The Labute approximate surface area is 128 Å². The number of likely N-dealkylation sites (tertiary alicyclic amines) is 1. The van der Waals surface area contributed by atoms with Crippen molar-refractivity contribution < 1.29 is 9.90 Å². The maximum absolute atomic E-state index is 12.1. The first-order chi connectivity index (χ1) is 10.8. The van der Waals surface area contributed by atoms with Gasteiger partial charge in [0.15, 0.2) is 0 Å². The summed E-state index contributed by atoms with van der Waals surface area (Å²) in [5.74, 6) is 0.785. The van der Waals surface area contributed by atoms with Crippen molar-refractivity contribution in [3.8, 4) is 5.82 Å². The summed E-state index contributed by atoms with van der Waals surface area (Å²) in [4.78, 5) is 22.1. The van der Waals surface area contributed by atoms with E-state index in [0.717, 1.165) is 24.2 Å². The molecular weight excluding hydrogens is 282 g/mol. The number of nitrogens with zero attached hydrogens (tertiary/aromatic N) is 4. The molecule has 2 aromatic heterocycles. The van der Waals surface area contributed by atoms with Crippen molar-refractivity contribution in [1.29, 1.82) is 0 Å². The SMILES string of the molecule is O=C(NCc1ccc(-n2ccnc2)nc1)N1CCC[C@H]1CO. The number of aliphatic hydroxyl groups is 1. The number of nitrogens with one attached hydrogen (secondary N) is 1. The maximum atomic E-state index is 12.1. The summed E-state index contributed by atoms with van der Waals surface area (Å²) in [7, 11) is 0. The Morgan fingerprint density at radius 2 is 2.36 bits per heavy atom. The van der Waals surface area contributed by atoms with Crippen LogP contribution in [0.15, 0.2) is 37.1 Å². The van der Waals surface area contributed by atoms with E-state index in [9.17, 15) is 9.90 Å². The Morgan fingerprint density at radius 3 is 3.05 bits per heavy atom. The van der Waals surface area contributed by atoms with E-state index in [2.05, 4.69) is 15.3 Å². The molecule has 1 fully saturated rings.